The summed E-state index contributed by atoms with van der Waals surface area (Å²) in [5.41, 5.74) is 1.09. The van der Waals surface area contributed by atoms with Crippen LogP contribution in [0.4, 0.5) is 0 Å². The number of alkyl halides is 1. The van der Waals surface area contributed by atoms with Gasteiger partial charge in [-0.25, -0.2) is 0 Å². The molecule has 0 spiro atoms. The van der Waals surface area contributed by atoms with Crippen LogP contribution in [0.15, 0.2) is 42.5 Å². The quantitative estimate of drug-likeness (QED) is 0.683. The van der Waals surface area contributed by atoms with Crippen molar-refractivity contribution in [2.45, 2.75) is 6.42 Å². The zero-order valence-corrected chi connectivity index (χ0v) is 11.4. The van der Waals surface area contributed by atoms with Crippen molar-refractivity contribution in [3.8, 4) is 0 Å². The molecular weight excluding hydrogens is 327 g/mol. The van der Waals surface area contributed by atoms with Crippen LogP contribution in [0.1, 0.15) is 5.56 Å². The molecule has 17 heavy (non-hydrogen) atoms. The number of carboxylic acid groups (broad SMARTS) is 1. The molecule has 1 N–H and O–H groups in total. The molecule has 3 heteroatoms. The Labute approximate surface area is 114 Å². The number of aliphatic carboxylic acids is 1. The van der Waals surface area contributed by atoms with Crippen LogP contribution in [-0.4, -0.2) is 15.5 Å². The standard InChI is InChI=1S/C14H13IO2/c15-9-13(14(16)17)8-10-5-6-11-3-1-2-4-12(11)7-10/h1-7,13H,8-9H2,(H,16,17). The Morgan fingerprint density at radius 3 is 2.53 bits per heavy atom. The van der Waals surface area contributed by atoms with E-state index in [0.717, 1.165) is 5.56 Å². The molecule has 0 aliphatic carbocycles. The van der Waals surface area contributed by atoms with Gasteiger partial charge in [-0.15, -0.1) is 0 Å². The van der Waals surface area contributed by atoms with E-state index in [0.29, 0.717) is 10.8 Å². The summed E-state index contributed by atoms with van der Waals surface area (Å²) >= 11 is 2.13. The molecule has 1 unspecified atom stereocenters. The van der Waals surface area contributed by atoms with E-state index in [9.17, 15) is 4.79 Å². The Hall–Kier alpha value is -1.10. The second kappa shape index (κ2) is 5.49. The Morgan fingerprint density at radius 1 is 1.18 bits per heavy atom. The largest absolute Gasteiger partial charge is 0.481 e. The van der Waals surface area contributed by atoms with E-state index in [1.165, 1.54) is 10.8 Å². The third kappa shape index (κ3) is 2.97. The molecule has 0 radical (unpaired) electrons. The van der Waals surface area contributed by atoms with Crippen LogP contribution in [0.5, 0.6) is 0 Å². The SMILES string of the molecule is O=C(O)C(CI)Cc1ccc2ccccc2c1. The molecule has 0 aromatic heterocycles. The molecule has 0 heterocycles. The molecule has 2 aromatic carbocycles. The molecule has 0 bridgehead atoms. The number of carboxylic acids is 1. The van der Waals surface area contributed by atoms with E-state index in [1.54, 1.807) is 0 Å². The molecule has 0 fully saturated rings. The highest BCUT2D eigenvalue weighted by Crippen LogP contribution is 2.19. The predicted molar refractivity (Wildman–Crippen MR) is 77.7 cm³/mol. The molecule has 0 saturated heterocycles. The Morgan fingerprint density at radius 2 is 1.88 bits per heavy atom. The van der Waals surface area contributed by atoms with Crippen molar-refractivity contribution in [3.05, 3.63) is 48.0 Å². The lowest BCUT2D eigenvalue weighted by atomic mass is 9.99. The maximum absolute atomic E-state index is 11.0. The van der Waals surface area contributed by atoms with Crippen molar-refractivity contribution in [3.63, 3.8) is 0 Å². The van der Waals surface area contributed by atoms with E-state index in [4.69, 9.17) is 5.11 Å². The molecule has 0 aliphatic heterocycles. The van der Waals surface area contributed by atoms with E-state index in [1.807, 2.05) is 18.2 Å². The number of rotatable bonds is 4. The molecule has 1 atom stereocenters. The highest BCUT2D eigenvalue weighted by molar-refractivity contribution is 14.1. The summed E-state index contributed by atoms with van der Waals surface area (Å²) < 4.78 is 0.639. The van der Waals surface area contributed by atoms with E-state index in [2.05, 4.69) is 46.9 Å². The third-order valence-corrected chi connectivity index (χ3v) is 3.89. The van der Waals surface area contributed by atoms with Gasteiger partial charge in [-0.3, -0.25) is 4.79 Å². The van der Waals surface area contributed by atoms with Gasteiger partial charge in [0, 0.05) is 4.43 Å². The maximum Gasteiger partial charge on any atom is 0.307 e. The van der Waals surface area contributed by atoms with Gasteiger partial charge in [-0.05, 0) is 22.8 Å². The summed E-state index contributed by atoms with van der Waals surface area (Å²) in [7, 11) is 0. The van der Waals surface area contributed by atoms with Gasteiger partial charge in [0.25, 0.3) is 0 Å². The van der Waals surface area contributed by atoms with Crippen LogP contribution >= 0.6 is 22.6 Å². The average molecular weight is 340 g/mol. The third-order valence-electron chi connectivity index (χ3n) is 2.83. The van der Waals surface area contributed by atoms with E-state index < -0.39 is 5.97 Å². The lowest BCUT2D eigenvalue weighted by Crippen LogP contribution is -2.17. The second-order valence-corrected chi connectivity index (χ2v) is 4.96. The molecule has 0 saturated carbocycles. The zero-order chi connectivity index (χ0) is 12.3. The normalized spacial score (nSPS) is 12.5. The fourth-order valence-corrected chi connectivity index (χ4v) is 2.55. The summed E-state index contributed by atoms with van der Waals surface area (Å²) in [5.74, 6) is -1.01. The first-order valence-corrected chi connectivity index (χ1v) is 6.99. The van der Waals surface area contributed by atoms with Gasteiger partial charge in [0.15, 0.2) is 0 Å². The van der Waals surface area contributed by atoms with Crippen molar-refractivity contribution in [2.75, 3.05) is 4.43 Å². The second-order valence-electron chi connectivity index (χ2n) is 4.08. The van der Waals surface area contributed by atoms with E-state index >= 15 is 0 Å². The van der Waals surface area contributed by atoms with Gasteiger partial charge < -0.3 is 5.11 Å². The number of fused-ring (bicyclic) bond motifs is 1. The molecular formula is C14H13IO2. The predicted octanol–water partition coefficient (Wildman–Crippen LogP) is 3.52. The van der Waals surface area contributed by atoms with Gasteiger partial charge in [-0.2, -0.15) is 0 Å². The van der Waals surface area contributed by atoms with Gasteiger partial charge in [-0.1, -0.05) is 65.1 Å². The first kappa shape index (κ1) is 12.4. The van der Waals surface area contributed by atoms with Crippen LogP contribution < -0.4 is 0 Å². The number of hydrogen-bond donors (Lipinski definition) is 1. The van der Waals surface area contributed by atoms with Crippen LogP contribution in [0.3, 0.4) is 0 Å². The summed E-state index contributed by atoms with van der Waals surface area (Å²) in [6.07, 6.45) is 0.600. The number of halogens is 1. The molecule has 2 aromatic rings. The van der Waals surface area contributed by atoms with Crippen molar-refractivity contribution in [2.24, 2.45) is 5.92 Å². The Kier molecular flexibility index (Phi) is 3.99. The number of hydrogen-bond acceptors (Lipinski definition) is 1. The zero-order valence-electron chi connectivity index (χ0n) is 9.27. The van der Waals surface area contributed by atoms with Crippen LogP contribution in [0, 0.1) is 5.92 Å². The first-order valence-electron chi connectivity index (χ1n) is 5.47. The summed E-state index contributed by atoms with van der Waals surface area (Å²) in [6.45, 7) is 0. The van der Waals surface area contributed by atoms with Crippen LogP contribution in [0.2, 0.25) is 0 Å². The van der Waals surface area contributed by atoms with Crippen molar-refractivity contribution >= 4 is 39.3 Å². The minimum absolute atomic E-state index is 0.295. The summed E-state index contributed by atoms with van der Waals surface area (Å²) in [4.78, 5) is 11.0. The van der Waals surface area contributed by atoms with Gasteiger partial charge in [0.1, 0.15) is 0 Å². The first-order chi connectivity index (χ1) is 8.20. The van der Waals surface area contributed by atoms with Crippen LogP contribution in [-0.2, 0) is 11.2 Å². The van der Waals surface area contributed by atoms with Crippen LogP contribution in [0.25, 0.3) is 10.8 Å². The fraction of sp³-hybridized carbons (Fsp3) is 0.214. The fourth-order valence-electron chi connectivity index (χ4n) is 1.86. The van der Waals surface area contributed by atoms with Crippen molar-refractivity contribution in [1.29, 1.82) is 0 Å². The molecule has 0 aliphatic rings. The van der Waals surface area contributed by atoms with E-state index in [-0.39, 0.29) is 5.92 Å². The van der Waals surface area contributed by atoms with Gasteiger partial charge in [0.2, 0.25) is 0 Å². The molecule has 2 nitrogen and oxygen atoms in total. The summed E-state index contributed by atoms with van der Waals surface area (Å²) in [5, 5.41) is 11.4. The number of benzene rings is 2. The molecule has 2 rings (SSSR count). The highest BCUT2D eigenvalue weighted by Gasteiger charge is 2.16. The molecule has 0 amide bonds. The monoisotopic (exact) mass is 340 g/mol. The van der Waals surface area contributed by atoms with Crippen molar-refractivity contribution in [1.82, 2.24) is 0 Å². The lowest BCUT2D eigenvalue weighted by molar-refractivity contribution is -0.140. The minimum atomic E-state index is -0.715. The Bertz CT molecular complexity index is 536. The minimum Gasteiger partial charge on any atom is -0.481 e. The Balaban J connectivity index is 2.27. The highest BCUT2D eigenvalue weighted by atomic mass is 127. The maximum atomic E-state index is 11.0. The van der Waals surface area contributed by atoms with Gasteiger partial charge >= 0.3 is 5.97 Å². The molecule has 88 valence electrons. The van der Waals surface area contributed by atoms with Gasteiger partial charge in [0.05, 0.1) is 5.92 Å². The topological polar surface area (TPSA) is 37.3 Å². The summed E-state index contributed by atoms with van der Waals surface area (Å²) in [6, 6.07) is 14.3. The lowest BCUT2D eigenvalue weighted by Gasteiger charge is -2.09. The number of carbonyl (C=O) groups is 1. The average Bonchev–Trinajstić information content (AvgIpc) is 2.35. The van der Waals surface area contributed by atoms with Crippen molar-refractivity contribution < 1.29 is 9.90 Å². The smallest absolute Gasteiger partial charge is 0.307 e.